The van der Waals surface area contributed by atoms with E-state index in [1.54, 1.807) is 0 Å². The first-order chi connectivity index (χ1) is 23.3. The van der Waals surface area contributed by atoms with Crippen LogP contribution in [0.3, 0.4) is 0 Å². The molecule has 4 aromatic carbocycles. The van der Waals surface area contributed by atoms with Crippen LogP contribution in [0, 0.1) is 0 Å². The highest BCUT2D eigenvalue weighted by atomic mass is 16.6. The van der Waals surface area contributed by atoms with Crippen molar-refractivity contribution < 1.29 is 58.6 Å². The number of benzene rings is 4. The summed E-state index contributed by atoms with van der Waals surface area (Å²) in [5, 5.41) is 40.0. The minimum absolute atomic E-state index is 0.130. The summed E-state index contributed by atoms with van der Waals surface area (Å²) in [4.78, 5) is 52.5. The van der Waals surface area contributed by atoms with Gasteiger partial charge in [0.15, 0.2) is 23.0 Å². The molecule has 0 aliphatic heterocycles. The lowest BCUT2D eigenvalue weighted by atomic mass is 9.94. The van der Waals surface area contributed by atoms with Crippen molar-refractivity contribution in [1.82, 2.24) is 0 Å². The lowest BCUT2D eigenvalue weighted by Crippen LogP contribution is -2.20. The quantitative estimate of drug-likeness (QED) is 0.107. The number of aryl methyl sites for hydroxylation is 1. The molecule has 12 heteroatoms. The van der Waals surface area contributed by atoms with E-state index in [-0.39, 0.29) is 46.6 Å². The van der Waals surface area contributed by atoms with Gasteiger partial charge in [-0.25, -0.2) is 0 Å². The Morgan fingerprint density at radius 3 is 1.35 bits per heavy atom. The van der Waals surface area contributed by atoms with Crippen LogP contribution in [0.1, 0.15) is 45.6 Å². The van der Waals surface area contributed by atoms with Gasteiger partial charge in [-0.15, -0.1) is 0 Å². The van der Waals surface area contributed by atoms with Crippen molar-refractivity contribution in [2.75, 3.05) is 0 Å². The predicted octanol–water partition coefficient (Wildman–Crippen LogP) is 5.25. The van der Waals surface area contributed by atoms with E-state index in [0.717, 1.165) is 12.5 Å². The van der Waals surface area contributed by atoms with E-state index in [0.29, 0.717) is 0 Å². The van der Waals surface area contributed by atoms with Gasteiger partial charge in [0.25, 0.3) is 0 Å². The zero-order chi connectivity index (χ0) is 35.7. The number of aliphatic hydroxyl groups excluding tert-OH is 2. The van der Waals surface area contributed by atoms with E-state index in [2.05, 4.69) is 0 Å². The van der Waals surface area contributed by atoms with Crippen LogP contribution in [0.15, 0.2) is 78.9 Å². The maximum atomic E-state index is 13.5. The van der Waals surface area contributed by atoms with Crippen LogP contribution in [0.25, 0.3) is 22.3 Å². The Bertz CT molecular complexity index is 1790. The number of esters is 4. The smallest absolute Gasteiger partial charge is 0.313 e. The molecule has 0 aliphatic rings. The van der Waals surface area contributed by atoms with Gasteiger partial charge in [0.05, 0.1) is 36.2 Å². The lowest BCUT2D eigenvalue weighted by molar-refractivity contribution is -0.139. The second-order valence-corrected chi connectivity index (χ2v) is 11.3. The molecule has 0 amide bonds. The zero-order valence-corrected chi connectivity index (χ0v) is 27.0. The fourth-order valence-electron chi connectivity index (χ4n) is 4.82. The standard InChI is InChI=1S/C37H36O12/c1-21(38)19-30(44)48-36-32(25-10-14-27(41)15-11-25)34(46-23(3)40)35(47-29(43)18-9-24-7-5-4-6-8-24)33(26-12-16-28(42)17-13-26)37(36)49-31(45)20-22(2)39/h4-8,10-17,21-22,38-39,41-42H,9,18-20H2,1-3H3/t21-,22-/m1/s1. The molecule has 0 aliphatic carbocycles. The van der Waals surface area contributed by atoms with Crippen molar-refractivity contribution in [3.8, 4) is 56.8 Å². The van der Waals surface area contributed by atoms with Crippen LogP contribution < -0.4 is 18.9 Å². The first-order valence-electron chi connectivity index (χ1n) is 15.4. The average Bonchev–Trinajstić information content (AvgIpc) is 3.03. The molecule has 0 saturated heterocycles. The van der Waals surface area contributed by atoms with Crippen LogP contribution in [0.5, 0.6) is 34.5 Å². The van der Waals surface area contributed by atoms with Gasteiger partial charge in [-0.3, -0.25) is 19.2 Å². The number of carbonyl (C=O) groups excluding carboxylic acids is 4. The molecule has 49 heavy (non-hydrogen) atoms. The minimum atomic E-state index is -1.14. The number of hydrogen-bond donors (Lipinski definition) is 4. The number of aromatic hydroxyl groups is 2. The Morgan fingerprint density at radius 2 is 0.959 bits per heavy atom. The van der Waals surface area contributed by atoms with E-state index in [1.807, 2.05) is 30.3 Å². The van der Waals surface area contributed by atoms with Gasteiger partial charge >= 0.3 is 23.9 Å². The van der Waals surface area contributed by atoms with Crippen molar-refractivity contribution in [2.45, 2.75) is 58.7 Å². The van der Waals surface area contributed by atoms with Gasteiger partial charge < -0.3 is 39.4 Å². The van der Waals surface area contributed by atoms with Crippen molar-refractivity contribution >= 4 is 23.9 Å². The second-order valence-electron chi connectivity index (χ2n) is 11.3. The summed E-state index contributed by atoms with van der Waals surface area (Å²) < 4.78 is 23.2. The molecular weight excluding hydrogens is 636 g/mol. The molecule has 0 fully saturated rings. The minimum Gasteiger partial charge on any atom is -0.508 e. The van der Waals surface area contributed by atoms with Crippen molar-refractivity contribution in [2.24, 2.45) is 0 Å². The number of phenols is 2. The summed E-state index contributed by atoms with van der Waals surface area (Å²) in [5.41, 5.74) is 0.826. The monoisotopic (exact) mass is 672 g/mol. The highest BCUT2D eigenvalue weighted by Gasteiger charge is 2.35. The molecule has 2 atom stereocenters. The predicted molar refractivity (Wildman–Crippen MR) is 176 cm³/mol. The van der Waals surface area contributed by atoms with Gasteiger partial charge in [-0.1, -0.05) is 54.6 Å². The van der Waals surface area contributed by atoms with Crippen LogP contribution in [-0.2, 0) is 25.6 Å². The summed E-state index contributed by atoms with van der Waals surface area (Å²) in [6.07, 6.45) is -3.12. The maximum Gasteiger partial charge on any atom is 0.313 e. The maximum absolute atomic E-state index is 13.5. The molecule has 0 saturated carbocycles. The number of rotatable bonds is 13. The van der Waals surface area contributed by atoms with Crippen molar-refractivity contribution in [1.29, 1.82) is 0 Å². The lowest BCUT2D eigenvalue weighted by Gasteiger charge is -2.25. The molecule has 0 bridgehead atoms. The van der Waals surface area contributed by atoms with Crippen LogP contribution in [-0.4, -0.2) is 56.5 Å². The number of ether oxygens (including phenoxy) is 4. The third kappa shape index (κ3) is 9.89. The Morgan fingerprint density at radius 1 is 0.571 bits per heavy atom. The number of hydrogen-bond acceptors (Lipinski definition) is 12. The molecule has 0 radical (unpaired) electrons. The number of aliphatic hydroxyl groups is 2. The molecule has 256 valence electrons. The first kappa shape index (κ1) is 36.1. The van der Waals surface area contributed by atoms with Gasteiger partial charge in [0.1, 0.15) is 11.5 Å². The Kier molecular flexibility index (Phi) is 12.1. The molecule has 4 aromatic rings. The molecular formula is C37H36O12. The van der Waals surface area contributed by atoms with Gasteiger partial charge in [0.2, 0.25) is 0 Å². The highest BCUT2D eigenvalue weighted by Crippen LogP contribution is 2.57. The molecule has 0 heterocycles. The fraction of sp³-hybridized carbons (Fsp3) is 0.243. The second kappa shape index (κ2) is 16.4. The zero-order valence-electron chi connectivity index (χ0n) is 27.0. The third-order valence-electron chi connectivity index (χ3n) is 6.91. The van der Waals surface area contributed by atoms with E-state index in [9.17, 15) is 39.6 Å². The third-order valence-corrected chi connectivity index (χ3v) is 6.91. The van der Waals surface area contributed by atoms with E-state index < -0.39 is 71.9 Å². The Labute approximate surface area is 282 Å². The van der Waals surface area contributed by atoms with Gasteiger partial charge in [-0.05, 0) is 61.2 Å². The van der Waals surface area contributed by atoms with Crippen LogP contribution in [0.2, 0.25) is 0 Å². The molecule has 12 nitrogen and oxygen atoms in total. The summed E-state index contributed by atoms with van der Waals surface area (Å²) in [6.45, 7) is 3.81. The number of carbonyl (C=O) groups is 4. The topological polar surface area (TPSA) is 186 Å². The fourth-order valence-corrected chi connectivity index (χ4v) is 4.82. The Balaban J connectivity index is 2.10. The molecule has 0 spiro atoms. The van der Waals surface area contributed by atoms with E-state index in [4.69, 9.17) is 18.9 Å². The van der Waals surface area contributed by atoms with Crippen LogP contribution in [0.4, 0.5) is 0 Å². The molecule has 4 N–H and O–H groups in total. The van der Waals surface area contributed by atoms with Crippen molar-refractivity contribution in [3.63, 3.8) is 0 Å². The SMILES string of the molecule is CC(=O)Oc1c(OC(=O)CCc2ccccc2)c(-c2ccc(O)cc2)c(OC(=O)C[C@@H](C)O)c(OC(=O)C[C@@H](C)O)c1-c1ccc(O)cc1. The van der Waals surface area contributed by atoms with Gasteiger partial charge in [0, 0.05) is 13.3 Å². The number of phenolic OH excluding ortho intramolecular Hbond substituents is 2. The average molecular weight is 673 g/mol. The van der Waals surface area contributed by atoms with E-state index in [1.165, 1.54) is 62.4 Å². The molecule has 0 unspecified atom stereocenters. The Hall–Kier alpha value is -5.72. The molecule has 0 aromatic heterocycles. The summed E-state index contributed by atoms with van der Waals surface area (Å²) in [7, 11) is 0. The van der Waals surface area contributed by atoms with E-state index >= 15 is 0 Å². The first-order valence-corrected chi connectivity index (χ1v) is 15.4. The normalized spacial score (nSPS) is 12.0. The summed E-state index contributed by atoms with van der Waals surface area (Å²) >= 11 is 0. The summed E-state index contributed by atoms with van der Waals surface area (Å²) in [6, 6.07) is 19.9. The summed E-state index contributed by atoms with van der Waals surface area (Å²) in [5.74, 6) is -5.56. The van der Waals surface area contributed by atoms with Crippen LogP contribution >= 0.6 is 0 Å². The van der Waals surface area contributed by atoms with Crippen molar-refractivity contribution in [3.05, 3.63) is 84.4 Å². The molecule has 4 rings (SSSR count). The van der Waals surface area contributed by atoms with Gasteiger partial charge in [-0.2, -0.15) is 0 Å². The largest absolute Gasteiger partial charge is 0.508 e. The highest BCUT2D eigenvalue weighted by molar-refractivity contribution is 5.98.